The third-order valence-electron chi connectivity index (χ3n) is 2.83. The van der Waals surface area contributed by atoms with Gasteiger partial charge in [-0.1, -0.05) is 0 Å². The fraction of sp³-hybridized carbons (Fsp3) is 0.692. The minimum absolute atomic E-state index is 0.687. The molecule has 1 aliphatic heterocycles. The molecule has 2 rings (SSSR count). The minimum Gasteiger partial charge on any atom is -0.378 e. The van der Waals surface area contributed by atoms with Crippen molar-refractivity contribution in [3.63, 3.8) is 0 Å². The van der Waals surface area contributed by atoms with Gasteiger partial charge in [-0.2, -0.15) is 0 Å². The quantitative estimate of drug-likeness (QED) is 0.610. The molecule has 1 aromatic rings. The van der Waals surface area contributed by atoms with Crippen molar-refractivity contribution in [3.8, 4) is 0 Å². The SMILES string of the molecule is Cc1nc(C[SH+]C(C)C)cc(N2CCOCC2)n1. The molecule has 0 aliphatic carbocycles. The third-order valence-corrected chi connectivity index (χ3v) is 4.07. The lowest BCUT2D eigenvalue weighted by Gasteiger charge is -2.28. The summed E-state index contributed by atoms with van der Waals surface area (Å²) in [6, 6.07) is 2.13. The van der Waals surface area contributed by atoms with E-state index >= 15 is 0 Å². The number of aromatic nitrogens is 2. The predicted octanol–water partition coefficient (Wildman–Crippen LogP) is 1.34. The first kappa shape index (κ1) is 13.6. The van der Waals surface area contributed by atoms with Crippen molar-refractivity contribution in [1.82, 2.24) is 9.97 Å². The number of anilines is 1. The van der Waals surface area contributed by atoms with E-state index in [1.807, 2.05) is 6.92 Å². The summed E-state index contributed by atoms with van der Waals surface area (Å²) < 4.78 is 5.37. The van der Waals surface area contributed by atoms with Crippen LogP contribution in [-0.4, -0.2) is 41.5 Å². The van der Waals surface area contributed by atoms with Crippen molar-refractivity contribution in [2.24, 2.45) is 0 Å². The van der Waals surface area contributed by atoms with Crippen molar-refractivity contribution in [2.45, 2.75) is 31.8 Å². The lowest BCUT2D eigenvalue weighted by atomic mass is 10.3. The fourth-order valence-corrected chi connectivity index (χ4v) is 2.64. The zero-order chi connectivity index (χ0) is 13.0. The van der Waals surface area contributed by atoms with Gasteiger partial charge in [0.1, 0.15) is 22.6 Å². The molecular formula is C13H22N3OS+. The molecule has 0 spiro atoms. The van der Waals surface area contributed by atoms with Crippen LogP contribution in [0.1, 0.15) is 25.4 Å². The van der Waals surface area contributed by atoms with E-state index in [9.17, 15) is 0 Å². The zero-order valence-electron chi connectivity index (χ0n) is 11.4. The number of rotatable bonds is 4. The predicted molar refractivity (Wildman–Crippen MR) is 77.4 cm³/mol. The van der Waals surface area contributed by atoms with E-state index < -0.39 is 0 Å². The topological polar surface area (TPSA) is 38.2 Å². The van der Waals surface area contributed by atoms with E-state index in [1.165, 1.54) is 11.8 Å². The molecule has 0 bridgehead atoms. The molecule has 0 aromatic carbocycles. The monoisotopic (exact) mass is 268 g/mol. The summed E-state index contributed by atoms with van der Waals surface area (Å²) in [5.41, 5.74) is 1.15. The molecule has 0 amide bonds. The molecular weight excluding hydrogens is 246 g/mol. The lowest BCUT2D eigenvalue weighted by molar-refractivity contribution is 0.122. The van der Waals surface area contributed by atoms with E-state index in [2.05, 4.69) is 34.8 Å². The highest BCUT2D eigenvalue weighted by atomic mass is 32.2. The molecule has 1 saturated heterocycles. The molecule has 18 heavy (non-hydrogen) atoms. The van der Waals surface area contributed by atoms with Gasteiger partial charge in [0.2, 0.25) is 0 Å². The van der Waals surface area contributed by atoms with Crippen molar-refractivity contribution in [2.75, 3.05) is 31.2 Å². The summed E-state index contributed by atoms with van der Waals surface area (Å²) in [5.74, 6) is 2.94. The average Bonchev–Trinajstić information content (AvgIpc) is 2.37. The highest BCUT2D eigenvalue weighted by molar-refractivity contribution is 7.78. The molecule has 4 nitrogen and oxygen atoms in total. The molecule has 0 atom stereocenters. The second-order valence-electron chi connectivity index (χ2n) is 4.80. The van der Waals surface area contributed by atoms with E-state index in [4.69, 9.17) is 4.74 Å². The Hall–Kier alpha value is -0.810. The molecule has 5 heteroatoms. The summed E-state index contributed by atoms with van der Waals surface area (Å²) in [4.78, 5) is 11.4. The first-order chi connectivity index (χ1) is 8.65. The Morgan fingerprint density at radius 1 is 1.33 bits per heavy atom. The van der Waals surface area contributed by atoms with Gasteiger partial charge < -0.3 is 9.64 Å². The Morgan fingerprint density at radius 2 is 2.06 bits per heavy atom. The molecule has 1 aromatic heterocycles. The van der Waals surface area contributed by atoms with E-state index in [1.54, 1.807) is 0 Å². The summed E-state index contributed by atoms with van der Waals surface area (Å²) in [5, 5.41) is 0.687. The molecule has 0 unspecified atom stereocenters. The number of hydrogen-bond donors (Lipinski definition) is 0. The smallest absolute Gasteiger partial charge is 0.148 e. The highest BCUT2D eigenvalue weighted by Gasteiger charge is 2.15. The lowest BCUT2D eigenvalue weighted by Crippen LogP contribution is -2.37. The summed E-state index contributed by atoms with van der Waals surface area (Å²) in [6.07, 6.45) is 0. The van der Waals surface area contributed by atoms with Gasteiger partial charge in [-0.05, 0) is 32.5 Å². The van der Waals surface area contributed by atoms with Crippen molar-refractivity contribution >= 4 is 17.6 Å². The summed E-state index contributed by atoms with van der Waals surface area (Å²) >= 11 is 1.42. The first-order valence-corrected chi connectivity index (χ1v) is 7.64. The second-order valence-corrected chi connectivity index (χ2v) is 6.51. The molecule has 100 valence electrons. The summed E-state index contributed by atoms with van der Waals surface area (Å²) in [7, 11) is 0. The molecule has 1 fully saturated rings. The third kappa shape index (κ3) is 3.85. The van der Waals surface area contributed by atoms with Gasteiger partial charge in [0, 0.05) is 19.2 Å². The standard InChI is InChI=1S/C13H21N3OS/c1-10(2)18-9-12-8-13(15-11(3)14-12)16-4-6-17-7-5-16/h8,10H,4-7,9H2,1-3H3/p+1. The van der Waals surface area contributed by atoms with Crippen molar-refractivity contribution in [3.05, 3.63) is 17.6 Å². The Morgan fingerprint density at radius 3 is 2.72 bits per heavy atom. The number of ether oxygens (including phenoxy) is 1. The van der Waals surface area contributed by atoms with Crippen LogP contribution in [0.15, 0.2) is 6.07 Å². The van der Waals surface area contributed by atoms with E-state index in [-0.39, 0.29) is 0 Å². The number of morpholine rings is 1. The second kappa shape index (κ2) is 6.38. The maximum atomic E-state index is 5.37. The van der Waals surface area contributed by atoms with Crippen LogP contribution in [0.4, 0.5) is 5.82 Å². The number of nitrogens with zero attached hydrogens (tertiary/aromatic N) is 3. The van der Waals surface area contributed by atoms with Gasteiger partial charge in [0.25, 0.3) is 0 Å². The Bertz CT molecular complexity index is 392. The summed E-state index contributed by atoms with van der Waals surface area (Å²) in [6.45, 7) is 9.89. The van der Waals surface area contributed by atoms with Gasteiger partial charge in [0.15, 0.2) is 0 Å². The molecule has 1 aliphatic rings. The number of hydrogen-bond acceptors (Lipinski definition) is 4. The molecule has 0 radical (unpaired) electrons. The van der Waals surface area contributed by atoms with E-state index in [0.717, 1.165) is 49.4 Å². The van der Waals surface area contributed by atoms with Gasteiger partial charge in [-0.3, -0.25) is 0 Å². The maximum absolute atomic E-state index is 5.37. The van der Waals surface area contributed by atoms with Gasteiger partial charge in [0.05, 0.1) is 18.9 Å². The largest absolute Gasteiger partial charge is 0.378 e. The van der Waals surface area contributed by atoms with Crippen LogP contribution in [0.5, 0.6) is 0 Å². The fourth-order valence-electron chi connectivity index (χ4n) is 1.92. The maximum Gasteiger partial charge on any atom is 0.148 e. The van der Waals surface area contributed by atoms with Crippen molar-refractivity contribution in [1.29, 1.82) is 0 Å². The molecule has 0 N–H and O–H groups in total. The number of thiol groups is 1. The van der Waals surface area contributed by atoms with E-state index in [0.29, 0.717) is 5.25 Å². The number of aryl methyl sites for hydroxylation is 1. The van der Waals surface area contributed by atoms with Crippen LogP contribution in [0.2, 0.25) is 0 Å². The minimum atomic E-state index is 0.687. The Kier molecular flexibility index (Phi) is 4.83. The highest BCUT2D eigenvalue weighted by Crippen LogP contribution is 2.15. The van der Waals surface area contributed by atoms with Crippen LogP contribution in [0.3, 0.4) is 0 Å². The Balaban J connectivity index is 2.09. The van der Waals surface area contributed by atoms with Crippen LogP contribution >= 0.6 is 0 Å². The van der Waals surface area contributed by atoms with Crippen LogP contribution in [0.25, 0.3) is 0 Å². The van der Waals surface area contributed by atoms with Crippen molar-refractivity contribution < 1.29 is 4.74 Å². The Labute approximate surface area is 113 Å². The molecule has 2 heterocycles. The average molecular weight is 268 g/mol. The van der Waals surface area contributed by atoms with Crippen LogP contribution in [0, 0.1) is 6.92 Å². The van der Waals surface area contributed by atoms with Gasteiger partial charge in [-0.25, -0.2) is 9.97 Å². The van der Waals surface area contributed by atoms with Crippen LogP contribution in [-0.2, 0) is 22.3 Å². The van der Waals surface area contributed by atoms with Gasteiger partial charge in [-0.15, -0.1) is 0 Å². The van der Waals surface area contributed by atoms with Gasteiger partial charge >= 0.3 is 0 Å². The van der Waals surface area contributed by atoms with Crippen LogP contribution < -0.4 is 4.90 Å². The zero-order valence-corrected chi connectivity index (χ0v) is 12.3. The first-order valence-electron chi connectivity index (χ1n) is 6.49. The normalized spacial score (nSPS) is 16.3. The molecule has 0 saturated carbocycles.